The van der Waals surface area contributed by atoms with Gasteiger partial charge in [-0.15, -0.1) is 10.2 Å². The van der Waals surface area contributed by atoms with E-state index in [1.54, 1.807) is 56.7 Å². The Bertz CT molecular complexity index is 1060. The van der Waals surface area contributed by atoms with Gasteiger partial charge in [-0.2, -0.15) is 0 Å². The number of hydrogen-bond donors (Lipinski definition) is 1. The largest absolute Gasteiger partial charge is 0.497 e. The van der Waals surface area contributed by atoms with Crippen LogP contribution in [0.5, 0.6) is 11.5 Å². The summed E-state index contributed by atoms with van der Waals surface area (Å²) >= 11 is 1.16. The third-order valence-corrected chi connectivity index (χ3v) is 5.23. The molecule has 3 rings (SSSR count). The minimum atomic E-state index is -0.0853. The highest BCUT2D eigenvalue weighted by molar-refractivity contribution is 7.99. The number of nitrogens with zero attached hydrogens (tertiary/aromatic N) is 2. The Morgan fingerprint density at radius 1 is 1.03 bits per heavy atom. The second-order valence-corrected chi connectivity index (χ2v) is 8.34. The number of amides is 1. The highest BCUT2D eigenvalue weighted by Crippen LogP contribution is 2.30. The standard InChI is InChI=1S/C23H25N3O5S/c1-14(2)9-21(28)24-17-7-5-15(6-8-17)20(27)13-32-23-26-25-22(31-23)16-10-18(29-3)12-19(11-16)30-4/h5-8,10-12,14H,9,13H2,1-4H3,(H,24,28). The van der Waals surface area contributed by atoms with Crippen molar-refractivity contribution >= 4 is 29.1 Å². The zero-order valence-corrected chi connectivity index (χ0v) is 19.2. The zero-order valence-electron chi connectivity index (χ0n) is 18.4. The first-order chi connectivity index (χ1) is 15.4. The molecule has 0 aliphatic carbocycles. The molecule has 2 aromatic carbocycles. The number of nitrogens with one attached hydrogen (secondary N) is 1. The Balaban J connectivity index is 1.59. The topological polar surface area (TPSA) is 104 Å². The average molecular weight is 456 g/mol. The van der Waals surface area contributed by atoms with E-state index < -0.39 is 0 Å². The summed E-state index contributed by atoms with van der Waals surface area (Å²) in [6.07, 6.45) is 0.450. The number of rotatable bonds is 10. The molecule has 9 heteroatoms. The van der Waals surface area contributed by atoms with Gasteiger partial charge in [-0.25, -0.2) is 0 Å². The lowest BCUT2D eigenvalue weighted by Crippen LogP contribution is -2.14. The summed E-state index contributed by atoms with van der Waals surface area (Å²) in [6.45, 7) is 3.97. The number of benzene rings is 2. The molecule has 1 N–H and O–H groups in total. The highest BCUT2D eigenvalue weighted by Gasteiger charge is 2.14. The van der Waals surface area contributed by atoms with Crippen molar-refractivity contribution in [2.45, 2.75) is 25.5 Å². The number of ketones is 1. The number of anilines is 1. The Kier molecular flexibility index (Phi) is 7.88. The van der Waals surface area contributed by atoms with Crippen molar-refractivity contribution in [3.8, 4) is 23.0 Å². The molecule has 0 aliphatic rings. The fourth-order valence-electron chi connectivity index (χ4n) is 2.85. The van der Waals surface area contributed by atoms with Crippen molar-refractivity contribution in [3.63, 3.8) is 0 Å². The first-order valence-electron chi connectivity index (χ1n) is 10.0. The lowest BCUT2D eigenvalue weighted by Gasteiger charge is -2.07. The minimum Gasteiger partial charge on any atom is -0.497 e. The van der Waals surface area contributed by atoms with Gasteiger partial charge in [0, 0.05) is 29.3 Å². The zero-order chi connectivity index (χ0) is 23.1. The minimum absolute atomic E-state index is 0.0458. The van der Waals surface area contributed by atoms with Crippen molar-refractivity contribution in [2.75, 3.05) is 25.3 Å². The Morgan fingerprint density at radius 3 is 2.28 bits per heavy atom. The summed E-state index contributed by atoms with van der Waals surface area (Å²) in [7, 11) is 3.12. The van der Waals surface area contributed by atoms with Gasteiger partial charge in [-0.3, -0.25) is 9.59 Å². The van der Waals surface area contributed by atoms with Crippen LogP contribution in [0.3, 0.4) is 0 Å². The van der Waals surface area contributed by atoms with Gasteiger partial charge in [-0.05, 0) is 42.3 Å². The molecular weight excluding hydrogens is 430 g/mol. The van der Waals surface area contributed by atoms with Crippen LogP contribution < -0.4 is 14.8 Å². The van der Waals surface area contributed by atoms with Gasteiger partial charge in [0.05, 0.1) is 20.0 Å². The van der Waals surface area contributed by atoms with E-state index in [0.29, 0.717) is 40.6 Å². The number of ether oxygens (including phenoxy) is 2. The molecule has 0 atom stereocenters. The monoisotopic (exact) mass is 455 g/mol. The molecule has 168 valence electrons. The van der Waals surface area contributed by atoms with E-state index in [-0.39, 0.29) is 28.6 Å². The Labute approximate surface area is 190 Å². The van der Waals surface area contributed by atoms with Crippen molar-refractivity contribution in [1.82, 2.24) is 10.2 Å². The van der Waals surface area contributed by atoms with Gasteiger partial charge in [0.2, 0.25) is 11.8 Å². The number of hydrogen-bond acceptors (Lipinski definition) is 8. The van der Waals surface area contributed by atoms with Gasteiger partial charge in [0.15, 0.2) is 5.78 Å². The number of carbonyl (C=O) groups excluding carboxylic acids is 2. The molecule has 32 heavy (non-hydrogen) atoms. The summed E-state index contributed by atoms with van der Waals surface area (Å²) in [6, 6.07) is 12.1. The van der Waals surface area contributed by atoms with E-state index in [2.05, 4.69) is 15.5 Å². The summed E-state index contributed by atoms with van der Waals surface area (Å²) < 4.78 is 16.2. The molecule has 0 spiro atoms. The van der Waals surface area contributed by atoms with Crippen LogP contribution in [0.25, 0.3) is 11.5 Å². The molecule has 0 aliphatic heterocycles. The number of aromatic nitrogens is 2. The SMILES string of the molecule is COc1cc(OC)cc(-c2nnc(SCC(=O)c3ccc(NC(=O)CC(C)C)cc3)o2)c1. The van der Waals surface area contributed by atoms with E-state index in [0.717, 1.165) is 11.8 Å². The van der Waals surface area contributed by atoms with E-state index in [1.165, 1.54) is 0 Å². The molecule has 0 radical (unpaired) electrons. The van der Waals surface area contributed by atoms with Gasteiger partial charge in [0.25, 0.3) is 5.22 Å². The predicted octanol–water partition coefficient (Wildman–Crippen LogP) is 4.71. The van der Waals surface area contributed by atoms with Gasteiger partial charge < -0.3 is 19.2 Å². The van der Waals surface area contributed by atoms with Crippen LogP contribution >= 0.6 is 11.8 Å². The Hall–Kier alpha value is -3.33. The van der Waals surface area contributed by atoms with E-state index in [1.807, 2.05) is 13.8 Å². The molecule has 1 aromatic heterocycles. The van der Waals surface area contributed by atoms with Crippen LogP contribution in [0.4, 0.5) is 5.69 Å². The van der Waals surface area contributed by atoms with Crippen LogP contribution in [0.15, 0.2) is 52.1 Å². The van der Waals surface area contributed by atoms with E-state index in [4.69, 9.17) is 13.9 Å². The molecule has 0 bridgehead atoms. The maximum absolute atomic E-state index is 12.5. The normalized spacial score (nSPS) is 10.8. The quantitative estimate of drug-likeness (QED) is 0.346. The smallest absolute Gasteiger partial charge is 0.277 e. The summed E-state index contributed by atoms with van der Waals surface area (Å²) in [5, 5.41) is 11.2. The molecular formula is C23H25N3O5S. The van der Waals surface area contributed by atoms with E-state index in [9.17, 15) is 9.59 Å². The first kappa shape index (κ1) is 23.3. The summed E-state index contributed by atoms with van der Waals surface area (Å²) in [5.74, 6) is 1.80. The molecule has 1 amide bonds. The van der Waals surface area contributed by atoms with Crippen LogP contribution in [-0.4, -0.2) is 41.9 Å². The molecule has 3 aromatic rings. The van der Waals surface area contributed by atoms with Crippen LogP contribution in [-0.2, 0) is 4.79 Å². The fourth-order valence-corrected chi connectivity index (χ4v) is 3.51. The predicted molar refractivity (Wildman–Crippen MR) is 122 cm³/mol. The van der Waals surface area contributed by atoms with Crippen LogP contribution in [0.2, 0.25) is 0 Å². The van der Waals surface area contributed by atoms with Crippen LogP contribution in [0, 0.1) is 5.92 Å². The van der Waals surface area contributed by atoms with Crippen molar-refractivity contribution in [1.29, 1.82) is 0 Å². The van der Waals surface area contributed by atoms with Crippen molar-refractivity contribution in [2.24, 2.45) is 5.92 Å². The number of thioether (sulfide) groups is 1. The summed E-state index contributed by atoms with van der Waals surface area (Å²) in [5.41, 5.74) is 1.86. The van der Waals surface area contributed by atoms with Gasteiger partial charge in [-0.1, -0.05) is 25.6 Å². The maximum atomic E-state index is 12.5. The lowest BCUT2D eigenvalue weighted by atomic mass is 10.1. The average Bonchev–Trinajstić information content (AvgIpc) is 3.26. The van der Waals surface area contributed by atoms with Crippen molar-refractivity contribution in [3.05, 3.63) is 48.0 Å². The summed E-state index contributed by atoms with van der Waals surface area (Å²) in [4.78, 5) is 24.4. The number of methoxy groups -OCH3 is 2. The number of Topliss-reactive ketones (excluding diaryl/α,β-unsaturated/α-hetero) is 1. The molecule has 0 saturated heterocycles. The fraction of sp³-hybridized carbons (Fsp3) is 0.304. The van der Waals surface area contributed by atoms with Crippen LogP contribution in [0.1, 0.15) is 30.6 Å². The second-order valence-electron chi connectivity index (χ2n) is 7.41. The van der Waals surface area contributed by atoms with Crippen molar-refractivity contribution < 1.29 is 23.5 Å². The van der Waals surface area contributed by atoms with E-state index >= 15 is 0 Å². The lowest BCUT2D eigenvalue weighted by molar-refractivity contribution is -0.116. The highest BCUT2D eigenvalue weighted by atomic mass is 32.2. The molecule has 0 unspecified atom stereocenters. The molecule has 0 fully saturated rings. The third-order valence-electron chi connectivity index (χ3n) is 4.42. The molecule has 1 heterocycles. The second kappa shape index (κ2) is 10.8. The Morgan fingerprint density at radius 2 is 1.69 bits per heavy atom. The molecule has 8 nitrogen and oxygen atoms in total. The molecule has 0 saturated carbocycles. The van der Waals surface area contributed by atoms with Gasteiger partial charge in [0.1, 0.15) is 11.5 Å². The maximum Gasteiger partial charge on any atom is 0.277 e. The number of carbonyl (C=O) groups is 2. The van der Waals surface area contributed by atoms with Gasteiger partial charge >= 0.3 is 0 Å². The first-order valence-corrected chi connectivity index (χ1v) is 11.0. The third kappa shape index (κ3) is 6.34.